The highest BCUT2D eigenvalue weighted by Crippen LogP contribution is 2.47. The van der Waals surface area contributed by atoms with E-state index in [1.807, 2.05) is 150 Å². The van der Waals surface area contributed by atoms with Crippen LogP contribution in [0.1, 0.15) is 11.1 Å². The Labute approximate surface area is 774 Å². The van der Waals surface area contributed by atoms with Gasteiger partial charge in [0.05, 0.1) is 72.3 Å². The Kier molecular flexibility index (Phi) is 19.0. The molecule has 0 bridgehead atoms. The summed E-state index contributed by atoms with van der Waals surface area (Å²) in [5.74, 6) is 4.03. The molecule has 27 aromatic rings. The first-order valence-corrected chi connectivity index (χ1v) is 45.8. The van der Waals surface area contributed by atoms with Crippen LogP contribution < -0.4 is 0 Å². The molecular formula is C118H69N13OS2. The standard InChI is InChI=1S/C40H23N5O.C40H23N5S.C38H23N3S/c41-24-25-10-8-13-27(22-25)39-42-38(26-11-2-1-3-12-26)43-40(44-39)28-14-9-15-29(23-28)45-34-18-6-4-16-30(34)32-20-21-33-31-17-5-7-19-35(31)46-37(33)36(32)45;41-24-25-17-19-27(20-18-25)39-42-38(26-9-2-1-3-10-26)43-40(44-39)28-11-8-12-29(23-28)45-34-15-6-4-13-30(34)32-21-22-33-31-14-5-7-16-35(31)46-37(33)36(32)45;1-3-11-24(12-4-1)26-19-20-33-29(21-26)30-23-36-31(27-15-8-10-18-35(27)42-36)22-34(30)41(33)38-39-32-17-9-7-16-28(32)37(40-38)25-13-5-2-6-14-25/h2*1-23H;1-23H. The Bertz CT molecular complexity index is 9500. The van der Waals surface area contributed by atoms with E-state index >= 15 is 0 Å². The molecule has 134 heavy (non-hydrogen) atoms. The second-order valence-electron chi connectivity index (χ2n) is 33.1. The highest BCUT2D eigenvalue weighted by Gasteiger charge is 2.26. The van der Waals surface area contributed by atoms with Crippen molar-refractivity contribution in [1.29, 1.82) is 10.5 Å². The van der Waals surface area contributed by atoms with Crippen LogP contribution in [0, 0.1) is 22.7 Å². The van der Waals surface area contributed by atoms with Crippen LogP contribution in [0.4, 0.5) is 0 Å². The van der Waals surface area contributed by atoms with Crippen molar-refractivity contribution in [1.82, 2.24) is 53.6 Å². The number of rotatable bonds is 11. The van der Waals surface area contributed by atoms with Gasteiger partial charge in [0, 0.05) is 134 Å². The van der Waals surface area contributed by atoms with E-state index < -0.39 is 0 Å². The molecule has 0 saturated heterocycles. The molecule has 0 unspecified atom stereocenters. The molecule has 0 amide bonds. The molecule has 624 valence electrons. The van der Waals surface area contributed by atoms with E-state index in [9.17, 15) is 10.5 Å². The van der Waals surface area contributed by atoms with Gasteiger partial charge in [0.2, 0.25) is 5.95 Å². The number of hydrogen-bond acceptors (Lipinski definition) is 13. The summed E-state index contributed by atoms with van der Waals surface area (Å²) in [5, 5.41) is 34.3. The lowest BCUT2D eigenvalue weighted by Gasteiger charge is -2.12. The maximum absolute atomic E-state index is 9.54. The van der Waals surface area contributed by atoms with Crippen molar-refractivity contribution in [2.75, 3.05) is 0 Å². The monoisotopic (exact) mass is 1750 g/mol. The number of aromatic nitrogens is 11. The number of benzene rings is 18. The van der Waals surface area contributed by atoms with Crippen molar-refractivity contribution in [3.63, 3.8) is 0 Å². The fraction of sp³-hybridized carbons (Fsp3) is 0. The lowest BCUT2D eigenvalue weighted by molar-refractivity contribution is 0.671. The van der Waals surface area contributed by atoms with E-state index in [4.69, 9.17) is 44.3 Å². The summed E-state index contributed by atoms with van der Waals surface area (Å²) in [6, 6.07) is 148. The maximum Gasteiger partial charge on any atom is 0.235 e. The van der Waals surface area contributed by atoms with Crippen molar-refractivity contribution in [3.8, 4) is 120 Å². The summed E-state index contributed by atoms with van der Waals surface area (Å²) in [6.07, 6.45) is 0. The Balaban J connectivity index is 0.000000108. The molecule has 18 aromatic carbocycles. The number of nitrogens with zero attached hydrogens (tertiary/aromatic N) is 13. The molecule has 0 aliphatic carbocycles. The van der Waals surface area contributed by atoms with Gasteiger partial charge in [-0.05, 0) is 139 Å². The molecule has 0 radical (unpaired) electrons. The average molecular weight is 1750 g/mol. The summed E-state index contributed by atoms with van der Waals surface area (Å²) in [6.45, 7) is 0. The third kappa shape index (κ3) is 13.6. The minimum atomic E-state index is 0.507. The third-order valence-corrected chi connectivity index (χ3v) is 27.5. The average Bonchev–Trinajstić information content (AvgIpc) is 1.57. The highest BCUT2D eigenvalue weighted by atomic mass is 32.1. The van der Waals surface area contributed by atoms with E-state index in [-0.39, 0.29) is 0 Å². The van der Waals surface area contributed by atoms with Crippen LogP contribution in [0.2, 0.25) is 0 Å². The number of hydrogen-bond donors (Lipinski definition) is 0. The van der Waals surface area contributed by atoms with Gasteiger partial charge < -0.3 is 13.6 Å². The number of thiophene rings is 2. The minimum absolute atomic E-state index is 0.507. The first kappa shape index (κ1) is 78.2. The lowest BCUT2D eigenvalue weighted by atomic mass is 10.0. The summed E-state index contributed by atoms with van der Waals surface area (Å²) in [5.41, 5.74) is 22.0. The van der Waals surface area contributed by atoms with E-state index in [2.05, 4.69) is 293 Å². The Morgan fingerprint density at radius 2 is 0.672 bits per heavy atom. The van der Waals surface area contributed by atoms with Crippen molar-refractivity contribution >= 4 is 161 Å². The van der Waals surface area contributed by atoms with Gasteiger partial charge in [-0.25, -0.2) is 39.9 Å². The molecule has 27 rings (SSSR count). The molecule has 16 heteroatoms. The first-order chi connectivity index (χ1) is 66.3. The zero-order valence-electron chi connectivity index (χ0n) is 71.4. The quantitative estimate of drug-likeness (QED) is 0.120. The van der Waals surface area contributed by atoms with Gasteiger partial charge in [-0.15, -0.1) is 22.7 Å². The van der Waals surface area contributed by atoms with Crippen LogP contribution in [-0.2, 0) is 0 Å². The normalized spacial score (nSPS) is 11.6. The number of para-hydroxylation sites is 4. The van der Waals surface area contributed by atoms with Crippen molar-refractivity contribution in [3.05, 3.63) is 430 Å². The van der Waals surface area contributed by atoms with Crippen molar-refractivity contribution in [2.45, 2.75) is 0 Å². The Morgan fingerprint density at radius 3 is 1.28 bits per heavy atom. The molecule has 0 N–H and O–H groups in total. The van der Waals surface area contributed by atoms with E-state index in [0.717, 1.165) is 127 Å². The first-order valence-electron chi connectivity index (χ1n) is 44.1. The van der Waals surface area contributed by atoms with Gasteiger partial charge in [0.1, 0.15) is 5.58 Å². The van der Waals surface area contributed by atoms with E-state index in [1.165, 1.54) is 78.5 Å². The summed E-state index contributed by atoms with van der Waals surface area (Å²) in [7, 11) is 0. The number of fused-ring (bicyclic) bond motifs is 21. The smallest absolute Gasteiger partial charge is 0.235 e. The van der Waals surface area contributed by atoms with Gasteiger partial charge in [-0.1, -0.05) is 291 Å². The molecule has 0 saturated carbocycles. The fourth-order valence-corrected chi connectivity index (χ4v) is 21.3. The molecule has 0 atom stereocenters. The van der Waals surface area contributed by atoms with Crippen LogP contribution in [0.15, 0.2) is 423 Å². The summed E-state index contributed by atoms with van der Waals surface area (Å²) >= 11 is 3.70. The van der Waals surface area contributed by atoms with Crippen LogP contribution in [-0.4, -0.2) is 53.6 Å². The SMILES string of the molecule is N#Cc1ccc(-c2nc(-c3ccccc3)nc(-c3cccc(-n4c5ccccc5c5ccc6c7ccccc7sc6c54)c3)n2)cc1.N#Cc1cccc(-c2nc(-c3ccccc3)nc(-c3cccc(-n4c5ccccc5c5ccc6c7ccccc7oc6c54)c3)n2)c1.c1ccc(-c2ccc3c(c2)c2cc4sc5ccccc5c4cc2n3-c2nc(-c3ccccc3)c3ccccc3n2)cc1. The molecule has 14 nitrogen and oxygen atoms in total. The largest absolute Gasteiger partial charge is 0.454 e. The topological polar surface area (TPSA) is 179 Å². The number of furan rings is 1. The number of nitriles is 2. The molecule has 0 spiro atoms. The predicted octanol–water partition coefficient (Wildman–Crippen LogP) is 30.4. The second kappa shape index (κ2) is 32.6. The Morgan fingerprint density at radius 1 is 0.231 bits per heavy atom. The van der Waals surface area contributed by atoms with Crippen LogP contribution in [0.3, 0.4) is 0 Å². The Hall–Kier alpha value is -18.1. The molecular weight excluding hydrogens is 1680 g/mol. The van der Waals surface area contributed by atoms with Crippen LogP contribution in [0.5, 0.6) is 0 Å². The highest BCUT2D eigenvalue weighted by molar-refractivity contribution is 7.27. The summed E-state index contributed by atoms with van der Waals surface area (Å²) in [4.78, 5) is 40.0. The maximum atomic E-state index is 9.54. The van der Waals surface area contributed by atoms with E-state index in [1.54, 1.807) is 24.3 Å². The summed E-state index contributed by atoms with van der Waals surface area (Å²) < 4.78 is 18.6. The van der Waals surface area contributed by atoms with Gasteiger partial charge in [-0.2, -0.15) is 10.5 Å². The fourth-order valence-electron chi connectivity index (χ4n) is 18.9. The van der Waals surface area contributed by atoms with Crippen LogP contribution in [0.25, 0.3) is 247 Å². The molecule has 0 aliphatic heterocycles. The second-order valence-corrected chi connectivity index (χ2v) is 35.2. The molecule has 9 heterocycles. The molecule has 0 aliphatic rings. The van der Waals surface area contributed by atoms with Crippen molar-refractivity contribution < 1.29 is 4.42 Å². The molecule has 9 aromatic heterocycles. The zero-order valence-corrected chi connectivity index (χ0v) is 73.0. The molecule has 0 fully saturated rings. The predicted molar refractivity (Wildman–Crippen MR) is 548 cm³/mol. The van der Waals surface area contributed by atoms with Gasteiger partial charge in [0.25, 0.3) is 0 Å². The lowest BCUT2D eigenvalue weighted by Crippen LogP contribution is -2.03. The van der Waals surface area contributed by atoms with Crippen molar-refractivity contribution in [2.24, 2.45) is 0 Å². The van der Waals surface area contributed by atoms with Crippen LogP contribution >= 0.6 is 22.7 Å². The van der Waals surface area contributed by atoms with E-state index in [0.29, 0.717) is 52.0 Å². The third-order valence-electron chi connectivity index (χ3n) is 25.2. The van der Waals surface area contributed by atoms with Gasteiger partial charge >= 0.3 is 0 Å². The minimum Gasteiger partial charge on any atom is -0.454 e. The van der Waals surface area contributed by atoms with Gasteiger partial charge in [-0.3, -0.25) is 4.57 Å². The van der Waals surface area contributed by atoms with Gasteiger partial charge in [0.15, 0.2) is 40.5 Å². The zero-order chi connectivity index (χ0) is 88.9.